The average molecular weight is 355 g/mol. The van der Waals surface area contributed by atoms with Crippen molar-refractivity contribution in [1.82, 2.24) is 0 Å². The monoisotopic (exact) mass is 355 g/mol. The molecule has 0 aliphatic carbocycles. The lowest BCUT2D eigenvalue weighted by molar-refractivity contribution is -0.123. The molecule has 0 saturated carbocycles. The number of amides is 1. The maximum atomic E-state index is 12.3. The summed E-state index contributed by atoms with van der Waals surface area (Å²) in [6.07, 6.45) is -0.935. The molecule has 0 bridgehead atoms. The molecule has 0 saturated heterocycles. The lowest BCUT2D eigenvalue weighted by Crippen LogP contribution is -2.30. The van der Waals surface area contributed by atoms with Gasteiger partial charge < -0.3 is 19.5 Å². The van der Waals surface area contributed by atoms with Crippen LogP contribution in [0.1, 0.15) is 28.4 Å². The van der Waals surface area contributed by atoms with Crippen LogP contribution in [0.5, 0.6) is 11.5 Å². The van der Waals surface area contributed by atoms with Gasteiger partial charge in [-0.1, -0.05) is 12.1 Å². The summed E-state index contributed by atoms with van der Waals surface area (Å²) in [7, 11) is 0. The van der Waals surface area contributed by atoms with Crippen LogP contribution >= 0.6 is 0 Å². The van der Waals surface area contributed by atoms with Crippen LogP contribution in [0.25, 0.3) is 0 Å². The largest absolute Gasteiger partial charge is 0.486 e. The number of esters is 1. The summed E-state index contributed by atoms with van der Waals surface area (Å²) in [5, 5.41) is 2.72. The lowest BCUT2D eigenvalue weighted by atomic mass is 10.0. The first-order valence-electron chi connectivity index (χ1n) is 8.43. The molecule has 6 nitrogen and oxygen atoms in total. The Kier molecular flexibility index (Phi) is 5.11. The molecule has 0 radical (unpaired) electrons. The zero-order valence-corrected chi connectivity index (χ0v) is 15.0. The van der Waals surface area contributed by atoms with Crippen molar-refractivity contribution in [2.75, 3.05) is 18.5 Å². The molecule has 1 atom stereocenters. The number of hydrogen-bond donors (Lipinski definition) is 1. The number of carbonyl (C=O) groups is 2. The SMILES string of the molecule is Cc1cccc(C(=O)OC(C)C(=O)Nc2ccc3c(c2)OCCO3)c1C. The zero-order valence-electron chi connectivity index (χ0n) is 15.0. The molecule has 136 valence electrons. The van der Waals surface area contributed by atoms with Crippen molar-refractivity contribution in [2.24, 2.45) is 0 Å². The fraction of sp³-hybridized carbons (Fsp3) is 0.300. The van der Waals surface area contributed by atoms with Gasteiger partial charge in [0.15, 0.2) is 17.6 Å². The molecule has 0 spiro atoms. The molecule has 2 aromatic rings. The number of fused-ring (bicyclic) bond motifs is 1. The second-order valence-electron chi connectivity index (χ2n) is 6.14. The van der Waals surface area contributed by atoms with Crippen molar-refractivity contribution >= 4 is 17.6 Å². The van der Waals surface area contributed by atoms with E-state index in [9.17, 15) is 9.59 Å². The predicted octanol–water partition coefficient (Wildman–Crippen LogP) is 3.26. The van der Waals surface area contributed by atoms with Gasteiger partial charge in [-0.05, 0) is 50.1 Å². The van der Waals surface area contributed by atoms with Gasteiger partial charge in [-0.3, -0.25) is 4.79 Å². The molecule has 1 unspecified atom stereocenters. The molecular formula is C20H21NO5. The first-order valence-corrected chi connectivity index (χ1v) is 8.43. The Bertz CT molecular complexity index is 846. The molecule has 26 heavy (non-hydrogen) atoms. The van der Waals surface area contributed by atoms with Crippen LogP contribution in [0.15, 0.2) is 36.4 Å². The lowest BCUT2D eigenvalue weighted by Gasteiger charge is -2.19. The number of rotatable bonds is 4. The molecule has 2 aromatic carbocycles. The van der Waals surface area contributed by atoms with Gasteiger partial charge in [0, 0.05) is 11.8 Å². The average Bonchev–Trinajstić information content (AvgIpc) is 2.63. The normalized spacial score (nSPS) is 13.7. The molecule has 1 heterocycles. The van der Waals surface area contributed by atoms with Gasteiger partial charge in [0.25, 0.3) is 5.91 Å². The van der Waals surface area contributed by atoms with Crippen molar-refractivity contribution in [3.05, 3.63) is 53.1 Å². The number of hydrogen-bond acceptors (Lipinski definition) is 5. The summed E-state index contributed by atoms with van der Waals surface area (Å²) in [4.78, 5) is 24.7. The molecule has 1 N–H and O–H groups in total. The summed E-state index contributed by atoms with van der Waals surface area (Å²) in [5.41, 5.74) is 2.85. The third kappa shape index (κ3) is 3.79. The number of ether oxygens (including phenoxy) is 3. The van der Waals surface area contributed by atoms with Crippen molar-refractivity contribution in [2.45, 2.75) is 26.9 Å². The van der Waals surface area contributed by atoms with E-state index in [1.54, 1.807) is 30.3 Å². The minimum atomic E-state index is -0.935. The first kappa shape index (κ1) is 17.8. The first-order chi connectivity index (χ1) is 12.5. The fourth-order valence-electron chi connectivity index (χ4n) is 2.61. The summed E-state index contributed by atoms with van der Waals surface area (Å²) in [5.74, 6) is 0.286. The number of benzene rings is 2. The van der Waals surface area contributed by atoms with Crippen LogP contribution in [0.3, 0.4) is 0 Å². The number of anilines is 1. The van der Waals surface area contributed by atoms with Crippen LogP contribution in [0.4, 0.5) is 5.69 Å². The van der Waals surface area contributed by atoms with E-state index in [0.717, 1.165) is 11.1 Å². The minimum absolute atomic E-state index is 0.416. The second-order valence-corrected chi connectivity index (χ2v) is 6.14. The highest BCUT2D eigenvalue weighted by molar-refractivity contribution is 5.98. The van der Waals surface area contributed by atoms with Crippen molar-refractivity contribution in [3.8, 4) is 11.5 Å². The number of carbonyl (C=O) groups excluding carboxylic acids is 2. The molecule has 0 fully saturated rings. The molecular weight excluding hydrogens is 334 g/mol. The molecule has 1 aliphatic rings. The van der Waals surface area contributed by atoms with Crippen LogP contribution in [0.2, 0.25) is 0 Å². The van der Waals surface area contributed by atoms with Crippen LogP contribution in [-0.2, 0) is 9.53 Å². The summed E-state index contributed by atoms with van der Waals surface area (Å²) in [6, 6.07) is 10.5. The van der Waals surface area contributed by atoms with Gasteiger partial charge in [0.2, 0.25) is 0 Å². The Morgan fingerprint density at radius 2 is 1.81 bits per heavy atom. The summed E-state index contributed by atoms with van der Waals surface area (Å²) < 4.78 is 16.2. The van der Waals surface area contributed by atoms with Crippen LogP contribution in [-0.4, -0.2) is 31.2 Å². The highest BCUT2D eigenvalue weighted by atomic mass is 16.6. The maximum Gasteiger partial charge on any atom is 0.339 e. The van der Waals surface area contributed by atoms with E-state index in [-0.39, 0.29) is 0 Å². The Morgan fingerprint density at radius 1 is 1.08 bits per heavy atom. The summed E-state index contributed by atoms with van der Waals surface area (Å²) in [6.45, 7) is 6.28. The Hall–Kier alpha value is -3.02. The molecule has 6 heteroatoms. The van der Waals surface area contributed by atoms with E-state index in [2.05, 4.69) is 5.32 Å². The van der Waals surface area contributed by atoms with Gasteiger partial charge in [0.05, 0.1) is 5.56 Å². The topological polar surface area (TPSA) is 73.9 Å². The van der Waals surface area contributed by atoms with Crippen molar-refractivity contribution in [3.63, 3.8) is 0 Å². The predicted molar refractivity (Wildman–Crippen MR) is 96.9 cm³/mol. The Balaban J connectivity index is 1.64. The third-order valence-electron chi connectivity index (χ3n) is 4.29. The fourth-order valence-corrected chi connectivity index (χ4v) is 2.61. The van der Waals surface area contributed by atoms with Gasteiger partial charge in [0.1, 0.15) is 13.2 Å². The van der Waals surface area contributed by atoms with E-state index >= 15 is 0 Å². The standard InChI is InChI=1S/C20H21NO5/c1-12-5-4-6-16(13(12)2)20(23)26-14(3)19(22)21-15-7-8-17-18(11-15)25-10-9-24-17/h4-8,11,14H,9-10H2,1-3H3,(H,21,22). The molecule has 1 amide bonds. The zero-order chi connectivity index (χ0) is 18.7. The van der Waals surface area contributed by atoms with Crippen LogP contribution in [0, 0.1) is 13.8 Å². The van der Waals surface area contributed by atoms with E-state index in [4.69, 9.17) is 14.2 Å². The highest BCUT2D eigenvalue weighted by Crippen LogP contribution is 2.32. The maximum absolute atomic E-state index is 12.3. The van der Waals surface area contributed by atoms with Crippen molar-refractivity contribution in [1.29, 1.82) is 0 Å². The second kappa shape index (κ2) is 7.47. The van der Waals surface area contributed by atoms with Gasteiger partial charge in [-0.25, -0.2) is 4.79 Å². The molecule has 0 aromatic heterocycles. The third-order valence-corrected chi connectivity index (χ3v) is 4.29. The number of nitrogens with one attached hydrogen (secondary N) is 1. The van der Waals surface area contributed by atoms with Crippen molar-refractivity contribution < 1.29 is 23.8 Å². The van der Waals surface area contributed by atoms with E-state index in [0.29, 0.717) is 36.0 Å². The minimum Gasteiger partial charge on any atom is -0.486 e. The highest BCUT2D eigenvalue weighted by Gasteiger charge is 2.21. The number of aryl methyl sites for hydroxylation is 1. The van der Waals surface area contributed by atoms with Gasteiger partial charge in [-0.15, -0.1) is 0 Å². The van der Waals surface area contributed by atoms with Gasteiger partial charge in [-0.2, -0.15) is 0 Å². The summed E-state index contributed by atoms with van der Waals surface area (Å²) >= 11 is 0. The molecule has 1 aliphatic heterocycles. The Morgan fingerprint density at radius 3 is 2.58 bits per heavy atom. The van der Waals surface area contributed by atoms with Gasteiger partial charge >= 0.3 is 5.97 Å². The van der Waals surface area contributed by atoms with E-state index in [1.807, 2.05) is 19.9 Å². The van der Waals surface area contributed by atoms with E-state index in [1.165, 1.54) is 6.92 Å². The van der Waals surface area contributed by atoms with Crippen LogP contribution < -0.4 is 14.8 Å². The van der Waals surface area contributed by atoms with E-state index < -0.39 is 18.0 Å². The molecule has 3 rings (SSSR count). The quantitative estimate of drug-likeness (QED) is 0.852. The smallest absolute Gasteiger partial charge is 0.339 e. The Labute approximate surface area is 152 Å².